The Hall–Kier alpha value is -2.09. The van der Waals surface area contributed by atoms with Gasteiger partial charge in [-0.1, -0.05) is 58.4 Å². The zero-order valence-electron chi connectivity index (χ0n) is 22.2. The van der Waals surface area contributed by atoms with Gasteiger partial charge in [-0.3, -0.25) is 9.59 Å². The average molecular weight is 503 g/mol. The maximum atomic E-state index is 13.3. The fourth-order valence-corrected chi connectivity index (χ4v) is 4.99. The lowest BCUT2D eigenvalue weighted by Crippen LogP contribution is -2.46. The van der Waals surface area contributed by atoms with Gasteiger partial charge < -0.3 is 15.5 Å². The fraction of sp³-hybridized carbons (Fsp3) is 0.607. The maximum absolute atomic E-state index is 13.3. The van der Waals surface area contributed by atoms with Crippen LogP contribution >= 0.6 is 11.3 Å². The summed E-state index contributed by atoms with van der Waals surface area (Å²) in [6.45, 7) is 13.5. The molecule has 0 saturated carbocycles. The molecule has 0 fully saturated rings. The summed E-state index contributed by atoms with van der Waals surface area (Å²) < 4.78 is 0. The smallest absolute Gasteiger partial charge is 0.223 e. The van der Waals surface area contributed by atoms with E-state index in [1.807, 2.05) is 32.2 Å². The first-order valence-corrected chi connectivity index (χ1v) is 13.3. The van der Waals surface area contributed by atoms with E-state index >= 15 is 0 Å². The third kappa shape index (κ3) is 7.95. The van der Waals surface area contributed by atoms with Gasteiger partial charge in [-0.05, 0) is 50.2 Å². The van der Waals surface area contributed by atoms with Crippen LogP contribution in [0.3, 0.4) is 0 Å². The number of ketones is 1. The van der Waals surface area contributed by atoms with Crippen LogP contribution in [-0.4, -0.2) is 39.0 Å². The Kier molecular flexibility index (Phi) is 10.6. The highest BCUT2D eigenvalue weighted by molar-refractivity contribution is 7.09. The fourth-order valence-electron chi connectivity index (χ4n) is 4.38. The van der Waals surface area contributed by atoms with Crippen molar-refractivity contribution in [3.8, 4) is 0 Å². The van der Waals surface area contributed by atoms with Crippen LogP contribution in [0.2, 0.25) is 0 Å². The van der Waals surface area contributed by atoms with Crippen LogP contribution in [0.4, 0.5) is 0 Å². The summed E-state index contributed by atoms with van der Waals surface area (Å²) in [6, 6.07) is -0.290. The minimum absolute atomic E-state index is 0.0138. The van der Waals surface area contributed by atoms with E-state index in [-0.39, 0.29) is 42.6 Å². The number of amides is 1. The molecule has 0 bridgehead atoms. The lowest BCUT2D eigenvalue weighted by atomic mass is 9.70. The van der Waals surface area contributed by atoms with Gasteiger partial charge in [-0.25, -0.2) is 4.98 Å². The molecule has 0 radical (unpaired) electrons. The van der Waals surface area contributed by atoms with E-state index in [1.165, 1.54) is 11.3 Å². The van der Waals surface area contributed by atoms with E-state index < -0.39 is 11.5 Å². The van der Waals surface area contributed by atoms with E-state index in [4.69, 9.17) is 0 Å². The van der Waals surface area contributed by atoms with Crippen molar-refractivity contribution in [2.45, 2.75) is 86.5 Å². The van der Waals surface area contributed by atoms with E-state index in [0.717, 1.165) is 23.3 Å². The van der Waals surface area contributed by atoms with Gasteiger partial charge in [0, 0.05) is 11.3 Å². The molecular formula is C28H42N2O4S. The number of aromatic nitrogens is 1. The number of thiazole rings is 1. The summed E-state index contributed by atoms with van der Waals surface area (Å²) in [7, 11) is 0. The average Bonchev–Trinajstić information content (AvgIpc) is 3.26. The van der Waals surface area contributed by atoms with Gasteiger partial charge in [0.25, 0.3) is 0 Å². The summed E-state index contributed by atoms with van der Waals surface area (Å²) in [4.78, 5) is 30.7. The third-order valence-corrected chi connectivity index (χ3v) is 8.33. The van der Waals surface area contributed by atoms with Crippen LogP contribution in [-0.2, 0) is 16.2 Å². The zero-order chi connectivity index (χ0) is 26.3. The van der Waals surface area contributed by atoms with E-state index in [1.54, 1.807) is 13.8 Å². The molecule has 1 amide bonds. The van der Waals surface area contributed by atoms with Gasteiger partial charge in [0.05, 0.1) is 36.3 Å². The molecule has 2 rings (SSSR count). The van der Waals surface area contributed by atoms with Crippen molar-refractivity contribution in [3.63, 3.8) is 0 Å². The van der Waals surface area contributed by atoms with Crippen molar-refractivity contribution in [1.82, 2.24) is 10.3 Å². The van der Waals surface area contributed by atoms with E-state index in [0.29, 0.717) is 17.3 Å². The molecule has 1 aromatic rings. The van der Waals surface area contributed by atoms with Crippen LogP contribution in [0.25, 0.3) is 6.08 Å². The molecular weight excluding hydrogens is 460 g/mol. The number of carbonyl (C=O) groups is 2. The minimum atomic E-state index is -1.08. The molecule has 0 aliphatic carbocycles. The summed E-state index contributed by atoms with van der Waals surface area (Å²) in [5.41, 5.74) is 1.73. The highest BCUT2D eigenvalue weighted by Gasteiger charge is 2.41. The van der Waals surface area contributed by atoms with Crippen molar-refractivity contribution in [2.75, 3.05) is 0 Å². The van der Waals surface area contributed by atoms with Crippen molar-refractivity contribution < 1.29 is 19.8 Å². The summed E-state index contributed by atoms with van der Waals surface area (Å²) in [5.74, 6) is -0.0790. The monoisotopic (exact) mass is 502 g/mol. The predicted molar refractivity (Wildman–Crippen MR) is 143 cm³/mol. The third-order valence-electron chi connectivity index (χ3n) is 7.48. The first-order chi connectivity index (χ1) is 16.4. The predicted octanol–water partition coefficient (Wildman–Crippen LogP) is 5.07. The van der Waals surface area contributed by atoms with Gasteiger partial charge in [0.15, 0.2) is 0 Å². The number of hydrogen-bond acceptors (Lipinski definition) is 6. The van der Waals surface area contributed by atoms with Gasteiger partial charge in [-0.2, -0.15) is 0 Å². The lowest BCUT2D eigenvalue weighted by molar-refractivity contribution is -0.140. The SMILES string of the molecule is CC1=CC[C@@H](/C(C)=C/c2csc(CO)n2)NC(=O)C[C@H](O)C(C)(C)C(=O)[C@H](C)[C@@H](C)[C@@H](C)CC=C1. The van der Waals surface area contributed by atoms with Crippen molar-refractivity contribution >= 4 is 29.1 Å². The number of rotatable bonds is 3. The maximum Gasteiger partial charge on any atom is 0.223 e. The molecule has 194 valence electrons. The number of Topliss-reactive ketones (excluding diaryl/α,β-unsaturated/α-hetero) is 1. The second-order valence-corrected chi connectivity index (χ2v) is 11.5. The standard InChI is InChI=1S/C28H42N2O4S/c1-17-9-8-10-18(2)20(4)21(5)27(34)28(6,7)24(32)14-25(33)30-23(12-11-17)19(3)13-22-16-35-26(15-31)29-22/h8-9,11,13,16,18,20-21,23-24,31-32H,10,12,14-15H2,1-7H3,(H,30,33)/b9-8?,17-11?,19-13+/t18-,20-,21+,23-,24-/m0/s1. The van der Waals surface area contributed by atoms with Crippen LogP contribution in [0.15, 0.2) is 34.8 Å². The van der Waals surface area contributed by atoms with Gasteiger partial charge >= 0.3 is 0 Å². The van der Waals surface area contributed by atoms with Gasteiger partial charge in [0.1, 0.15) is 10.8 Å². The number of nitrogens with zero attached hydrogens (tertiary/aromatic N) is 1. The highest BCUT2D eigenvalue weighted by Crippen LogP contribution is 2.34. The van der Waals surface area contributed by atoms with Gasteiger partial charge in [0.2, 0.25) is 5.91 Å². The van der Waals surface area contributed by atoms with Crippen LogP contribution < -0.4 is 5.32 Å². The van der Waals surface area contributed by atoms with Crippen molar-refractivity contribution in [2.24, 2.45) is 23.2 Å². The zero-order valence-corrected chi connectivity index (χ0v) is 23.0. The van der Waals surface area contributed by atoms with E-state index in [9.17, 15) is 19.8 Å². The van der Waals surface area contributed by atoms with Crippen LogP contribution in [0, 0.1) is 23.2 Å². The Balaban J connectivity index is 2.37. The molecule has 1 aliphatic rings. The number of carbonyl (C=O) groups excluding carboxylic acids is 2. The molecule has 0 saturated heterocycles. The number of nitrogens with one attached hydrogen (secondary N) is 1. The molecule has 3 N–H and O–H groups in total. The molecule has 7 heteroatoms. The Morgan fingerprint density at radius 2 is 1.94 bits per heavy atom. The van der Waals surface area contributed by atoms with Gasteiger partial charge in [-0.15, -0.1) is 11.3 Å². The topological polar surface area (TPSA) is 99.5 Å². The molecule has 0 aromatic carbocycles. The second-order valence-electron chi connectivity index (χ2n) is 10.6. The summed E-state index contributed by atoms with van der Waals surface area (Å²) >= 11 is 1.39. The molecule has 0 spiro atoms. The molecule has 35 heavy (non-hydrogen) atoms. The van der Waals surface area contributed by atoms with Crippen LogP contribution in [0.1, 0.15) is 78.4 Å². The molecule has 6 nitrogen and oxygen atoms in total. The van der Waals surface area contributed by atoms with Crippen molar-refractivity contribution in [1.29, 1.82) is 0 Å². The number of aliphatic hydroxyl groups is 2. The summed E-state index contributed by atoms with van der Waals surface area (Å²) in [6.07, 6.45) is 8.48. The normalized spacial score (nSPS) is 29.6. The Bertz CT molecular complexity index is 975. The summed E-state index contributed by atoms with van der Waals surface area (Å²) in [5, 5.41) is 25.8. The first-order valence-electron chi connectivity index (χ1n) is 12.4. The Labute approximate surface area is 214 Å². The quantitative estimate of drug-likeness (QED) is 0.536. The van der Waals surface area contributed by atoms with Crippen LogP contribution in [0.5, 0.6) is 0 Å². The molecule has 5 atom stereocenters. The first kappa shape index (κ1) is 29.1. The highest BCUT2D eigenvalue weighted by atomic mass is 32.1. The minimum Gasteiger partial charge on any atom is -0.392 e. The number of aliphatic hydroxyl groups excluding tert-OH is 2. The van der Waals surface area contributed by atoms with E-state index in [2.05, 4.69) is 42.4 Å². The van der Waals surface area contributed by atoms with Crippen molar-refractivity contribution in [3.05, 3.63) is 45.5 Å². The lowest BCUT2D eigenvalue weighted by Gasteiger charge is -2.35. The Morgan fingerprint density at radius 3 is 2.57 bits per heavy atom. The number of allylic oxidation sites excluding steroid dienone is 3. The number of hydrogen-bond donors (Lipinski definition) is 3. The molecule has 1 aromatic heterocycles. The largest absolute Gasteiger partial charge is 0.392 e. The Morgan fingerprint density at radius 1 is 1.26 bits per heavy atom. The second kappa shape index (κ2) is 12.7. The molecule has 2 heterocycles. The molecule has 0 unspecified atom stereocenters. The molecule has 1 aliphatic heterocycles.